The third-order valence-electron chi connectivity index (χ3n) is 5.02. The summed E-state index contributed by atoms with van der Waals surface area (Å²) in [7, 11) is 0. The lowest BCUT2D eigenvalue weighted by Crippen LogP contribution is -2.43. The van der Waals surface area contributed by atoms with Crippen LogP contribution in [0.5, 0.6) is 0 Å². The summed E-state index contributed by atoms with van der Waals surface area (Å²) in [5.41, 5.74) is 6.76. The lowest BCUT2D eigenvalue weighted by Gasteiger charge is -2.31. The summed E-state index contributed by atoms with van der Waals surface area (Å²) in [6.07, 6.45) is 0.262. The highest BCUT2D eigenvalue weighted by molar-refractivity contribution is 6.35. The van der Waals surface area contributed by atoms with Crippen LogP contribution in [-0.2, 0) is 6.54 Å². The van der Waals surface area contributed by atoms with Gasteiger partial charge in [-0.3, -0.25) is 4.98 Å². The summed E-state index contributed by atoms with van der Waals surface area (Å²) >= 11 is 12.4. The molecule has 0 aromatic carbocycles. The van der Waals surface area contributed by atoms with E-state index in [1.807, 2.05) is 0 Å². The number of nitrogens with zero attached hydrogens (tertiary/aromatic N) is 5. The Kier molecular flexibility index (Phi) is 5.26. The van der Waals surface area contributed by atoms with Crippen LogP contribution < -0.4 is 11.1 Å². The van der Waals surface area contributed by atoms with Gasteiger partial charge in [-0.1, -0.05) is 23.2 Å². The predicted octanol–water partition coefficient (Wildman–Crippen LogP) is 3.37. The molecule has 4 heterocycles. The summed E-state index contributed by atoms with van der Waals surface area (Å²) < 4.78 is 42.1. The van der Waals surface area contributed by atoms with E-state index in [2.05, 4.69) is 25.3 Å². The number of imidazole rings is 1. The lowest BCUT2D eigenvalue weighted by atomic mass is 9.85. The van der Waals surface area contributed by atoms with Crippen molar-refractivity contribution in [2.75, 3.05) is 18.8 Å². The zero-order valence-electron chi connectivity index (χ0n) is 14.9. The minimum absolute atomic E-state index is 0.0967. The van der Waals surface area contributed by atoms with Crippen molar-refractivity contribution in [3.05, 3.63) is 40.2 Å². The van der Waals surface area contributed by atoms with Crippen LogP contribution in [0.15, 0.2) is 18.7 Å². The van der Waals surface area contributed by atoms with Crippen molar-refractivity contribution in [1.29, 1.82) is 0 Å². The number of nitrogen functional groups attached to an aromatic ring is 1. The van der Waals surface area contributed by atoms with Crippen molar-refractivity contribution in [2.45, 2.75) is 25.1 Å². The van der Waals surface area contributed by atoms with Crippen LogP contribution in [0.4, 0.5) is 19.0 Å². The second-order valence-electron chi connectivity index (χ2n) is 6.84. The van der Waals surface area contributed by atoms with Crippen molar-refractivity contribution >= 4 is 29.0 Å². The molecule has 0 radical (unpaired) electrons. The van der Waals surface area contributed by atoms with Crippen molar-refractivity contribution in [3.63, 3.8) is 0 Å². The van der Waals surface area contributed by atoms with Crippen LogP contribution in [-0.4, -0.2) is 43.8 Å². The summed E-state index contributed by atoms with van der Waals surface area (Å²) in [5.74, 6) is -1.89. The maximum atomic E-state index is 13.5. The van der Waals surface area contributed by atoms with Crippen molar-refractivity contribution in [2.24, 2.45) is 5.92 Å². The smallest absolute Gasteiger partial charge is 0.382 e. The Morgan fingerprint density at radius 3 is 2.62 bits per heavy atom. The van der Waals surface area contributed by atoms with Gasteiger partial charge in [0, 0.05) is 30.4 Å². The number of pyridine rings is 1. The molecule has 0 aliphatic carbocycles. The van der Waals surface area contributed by atoms with Crippen LogP contribution in [0.1, 0.15) is 23.7 Å². The van der Waals surface area contributed by atoms with Crippen LogP contribution in [0, 0.1) is 5.92 Å². The number of nitrogens with one attached hydrogen (secondary N) is 1. The number of nitrogens with two attached hydrogens (primary N) is 1. The summed E-state index contributed by atoms with van der Waals surface area (Å²) in [6, 6.07) is 0. The van der Waals surface area contributed by atoms with E-state index < -0.39 is 18.0 Å². The molecule has 1 aromatic rings. The van der Waals surface area contributed by atoms with E-state index in [-0.39, 0.29) is 36.8 Å². The third kappa shape index (κ3) is 3.84. The van der Waals surface area contributed by atoms with E-state index in [9.17, 15) is 13.2 Å². The van der Waals surface area contributed by atoms with Crippen LogP contribution in [0.3, 0.4) is 0 Å². The molecule has 1 fully saturated rings. The van der Waals surface area contributed by atoms with Gasteiger partial charge in [0.15, 0.2) is 17.3 Å². The normalized spacial score (nSPS) is 20.3. The van der Waals surface area contributed by atoms with E-state index >= 15 is 0 Å². The van der Waals surface area contributed by atoms with Gasteiger partial charge in [0.05, 0.1) is 28.8 Å². The Labute approximate surface area is 173 Å². The van der Waals surface area contributed by atoms with Gasteiger partial charge in [-0.2, -0.15) is 13.2 Å². The van der Waals surface area contributed by atoms with Gasteiger partial charge in [0.1, 0.15) is 5.82 Å². The minimum Gasteiger partial charge on any atom is -0.382 e. The zero-order chi connectivity index (χ0) is 20.8. The fraction of sp³-hybridized carbons (Fsp3) is 0.412. The monoisotopic (exact) mass is 445 g/mol. The van der Waals surface area contributed by atoms with Crippen molar-refractivity contribution < 1.29 is 13.2 Å². The standard InChI is InChI=1S/C17H16Cl2F3N7/c18-11-4-25-5-12(19)9(11)6-29-7-26-14(23)13-16(29)28-15(27-13)8-1-2-24-3-10(8)17(20,21)22/h4-5,7-8,10,24H,1-3,6,23H2. The second kappa shape index (κ2) is 7.58. The largest absolute Gasteiger partial charge is 0.393 e. The molecule has 3 N–H and O–H groups in total. The molecular weight excluding hydrogens is 430 g/mol. The molecule has 0 spiro atoms. The highest BCUT2D eigenvalue weighted by Gasteiger charge is 2.47. The molecule has 4 rings (SSSR count). The van der Waals surface area contributed by atoms with Gasteiger partial charge in [0.25, 0.3) is 0 Å². The van der Waals surface area contributed by atoms with E-state index in [1.54, 1.807) is 4.57 Å². The molecule has 0 amide bonds. The first-order valence-corrected chi connectivity index (χ1v) is 9.55. The average Bonchev–Trinajstić information content (AvgIpc) is 3.12. The van der Waals surface area contributed by atoms with Crippen molar-refractivity contribution in [1.82, 2.24) is 29.8 Å². The van der Waals surface area contributed by atoms with E-state index in [0.29, 0.717) is 28.0 Å². The maximum Gasteiger partial charge on any atom is 0.393 e. The third-order valence-corrected chi connectivity index (χ3v) is 5.68. The summed E-state index contributed by atoms with van der Waals surface area (Å²) in [5, 5.41) is 3.49. The van der Waals surface area contributed by atoms with E-state index in [0.717, 1.165) is 0 Å². The number of piperidine rings is 1. The quantitative estimate of drug-likeness (QED) is 0.641. The minimum atomic E-state index is -4.36. The van der Waals surface area contributed by atoms with Gasteiger partial charge in [-0.15, -0.1) is 0 Å². The summed E-state index contributed by atoms with van der Waals surface area (Å²) in [6.45, 7) is 0.476. The molecule has 29 heavy (non-hydrogen) atoms. The number of anilines is 1. The molecule has 7 nitrogen and oxygen atoms in total. The van der Waals surface area contributed by atoms with Gasteiger partial charge in [-0.25, -0.2) is 15.0 Å². The molecular formula is C17H16Cl2F3N7. The molecule has 3 aliphatic rings. The van der Waals surface area contributed by atoms with Gasteiger partial charge in [0.2, 0.25) is 0 Å². The first-order valence-electron chi connectivity index (χ1n) is 8.79. The molecule has 154 valence electrons. The maximum absolute atomic E-state index is 13.5. The second-order valence-corrected chi connectivity index (χ2v) is 7.66. The Bertz CT molecular complexity index is 987. The SMILES string of the molecule is Nc1ncn(Cc2c(Cl)cncc2Cl)c2nc(C3CCNCC3C(F)(F)F)nc1-2. The number of hydrogen-bond acceptors (Lipinski definition) is 6. The molecule has 1 aromatic heterocycles. The van der Waals surface area contributed by atoms with Crippen LogP contribution in [0.2, 0.25) is 10.0 Å². The Morgan fingerprint density at radius 1 is 1.21 bits per heavy atom. The molecule has 0 bridgehead atoms. The first-order chi connectivity index (χ1) is 13.8. The predicted molar refractivity (Wildman–Crippen MR) is 102 cm³/mol. The highest BCUT2D eigenvalue weighted by Crippen LogP contribution is 2.41. The Morgan fingerprint density at radius 2 is 1.93 bits per heavy atom. The molecule has 12 heteroatoms. The molecule has 3 aliphatic heterocycles. The molecule has 2 unspecified atom stereocenters. The lowest BCUT2D eigenvalue weighted by molar-refractivity contribution is -0.183. The fourth-order valence-corrected chi connectivity index (χ4v) is 4.01. The van der Waals surface area contributed by atoms with E-state index in [4.69, 9.17) is 28.9 Å². The van der Waals surface area contributed by atoms with Crippen molar-refractivity contribution in [3.8, 4) is 11.5 Å². The zero-order valence-corrected chi connectivity index (χ0v) is 16.4. The number of halogens is 5. The van der Waals surface area contributed by atoms with Gasteiger partial charge < -0.3 is 15.6 Å². The number of rotatable bonds is 3. The van der Waals surface area contributed by atoms with E-state index in [1.165, 1.54) is 18.7 Å². The summed E-state index contributed by atoms with van der Waals surface area (Å²) in [4.78, 5) is 16.7. The number of fused-ring (bicyclic) bond motifs is 1. The molecule has 2 atom stereocenters. The van der Waals surface area contributed by atoms with Crippen LogP contribution >= 0.6 is 23.2 Å². The first kappa shape index (κ1) is 20.1. The molecule has 0 saturated carbocycles. The highest BCUT2D eigenvalue weighted by atomic mass is 35.5. The number of hydrogen-bond donors (Lipinski definition) is 2. The Balaban J connectivity index is 1.76. The average molecular weight is 446 g/mol. The molecule has 1 saturated heterocycles. The number of alkyl halides is 3. The number of aromatic nitrogens is 5. The fourth-order valence-electron chi connectivity index (χ4n) is 3.52. The van der Waals surface area contributed by atoms with Crippen LogP contribution in [0.25, 0.3) is 11.5 Å². The van der Waals surface area contributed by atoms with Gasteiger partial charge in [-0.05, 0) is 13.0 Å². The topological polar surface area (TPSA) is 94.5 Å². The van der Waals surface area contributed by atoms with Gasteiger partial charge >= 0.3 is 6.18 Å². The Hall–Kier alpha value is -2.17.